The minimum Gasteiger partial charge on any atom is -0.454 e. The van der Waals surface area contributed by atoms with Crippen LogP contribution in [0.25, 0.3) is 0 Å². The smallest absolute Gasteiger partial charge is 0.326 e. The number of carbonyl (C=O) groups is 4. The topological polar surface area (TPSA) is 96.0 Å². The molecule has 1 saturated carbocycles. The second-order valence-electron chi connectivity index (χ2n) is 8.56. The van der Waals surface area contributed by atoms with Crippen LogP contribution >= 0.6 is 0 Å². The number of carbonyl (C=O) groups excluding carboxylic acids is 4. The monoisotopic (exact) mass is 427 g/mol. The SMILES string of the molecule is O=C(COC(=O)CN1C(=O)[C@H]2CCCC[C@H]2C1=O)Nc1ccc(N2CCCCC2)cc1. The third-order valence-corrected chi connectivity index (χ3v) is 6.46. The van der Waals surface area contributed by atoms with Gasteiger partial charge in [-0.2, -0.15) is 0 Å². The molecule has 0 radical (unpaired) electrons. The van der Waals surface area contributed by atoms with Gasteiger partial charge >= 0.3 is 5.97 Å². The quantitative estimate of drug-likeness (QED) is 0.553. The third kappa shape index (κ3) is 4.89. The molecule has 166 valence electrons. The number of nitrogens with one attached hydrogen (secondary N) is 1. The molecule has 1 aromatic carbocycles. The maximum atomic E-state index is 12.4. The molecule has 0 bridgehead atoms. The van der Waals surface area contributed by atoms with Crippen molar-refractivity contribution in [3.8, 4) is 0 Å². The maximum absolute atomic E-state index is 12.4. The zero-order valence-corrected chi connectivity index (χ0v) is 17.7. The van der Waals surface area contributed by atoms with Gasteiger partial charge in [-0.1, -0.05) is 12.8 Å². The first-order valence-electron chi connectivity index (χ1n) is 11.2. The largest absolute Gasteiger partial charge is 0.454 e. The number of amides is 3. The number of hydrogen-bond donors (Lipinski definition) is 1. The predicted molar refractivity (Wildman–Crippen MR) is 114 cm³/mol. The highest BCUT2D eigenvalue weighted by Crippen LogP contribution is 2.37. The van der Waals surface area contributed by atoms with Crippen molar-refractivity contribution in [2.75, 3.05) is 36.5 Å². The normalized spacial score (nSPS) is 23.5. The first-order chi connectivity index (χ1) is 15.0. The fourth-order valence-electron chi connectivity index (χ4n) is 4.81. The summed E-state index contributed by atoms with van der Waals surface area (Å²) in [4.78, 5) is 52.4. The molecule has 0 aromatic heterocycles. The van der Waals surface area contributed by atoms with E-state index in [9.17, 15) is 19.2 Å². The van der Waals surface area contributed by atoms with Crippen molar-refractivity contribution in [1.29, 1.82) is 0 Å². The van der Waals surface area contributed by atoms with Crippen molar-refractivity contribution in [3.05, 3.63) is 24.3 Å². The molecule has 1 N–H and O–H groups in total. The third-order valence-electron chi connectivity index (χ3n) is 6.46. The molecular weight excluding hydrogens is 398 g/mol. The molecule has 0 unspecified atom stereocenters. The Kier molecular flexibility index (Phi) is 6.53. The van der Waals surface area contributed by atoms with Crippen LogP contribution in [0.3, 0.4) is 0 Å². The van der Waals surface area contributed by atoms with Crippen LogP contribution in [-0.4, -0.2) is 54.8 Å². The highest BCUT2D eigenvalue weighted by Gasteiger charge is 2.48. The molecule has 1 aliphatic carbocycles. The van der Waals surface area contributed by atoms with Crippen LogP contribution in [0.4, 0.5) is 11.4 Å². The summed E-state index contributed by atoms with van der Waals surface area (Å²) in [5.41, 5.74) is 1.75. The van der Waals surface area contributed by atoms with Gasteiger partial charge in [0.05, 0.1) is 11.8 Å². The maximum Gasteiger partial charge on any atom is 0.326 e. The van der Waals surface area contributed by atoms with Crippen LogP contribution in [0.2, 0.25) is 0 Å². The van der Waals surface area contributed by atoms with Gasteiger partial charge < -0.3 is 15.0 Å². The van der Waals surface area contributed by atoms with Crippen LogP contribution in [0.5, 0.6) is 0 Å². The van der Waals surface area contributed by atoms with Crippen molar-refractivity contribution in [2.24, 2.45) is 11.8 Å². The summed E-state index contributed by atoms with van der Waals surface area (Å²) in [5, 5.41) is 2.70. The second kappa shape index (κ2) is 9.49. The number of ether oxygens (including phenoxy) is 1. The van der Waals surface area contributed by atoms with Gasteiger partial charge in [0.25, 0.3) is 5.91 Å². The fourth-order valence-corrected chi connectivity index (χ4v) is 4.81. The van der Waals surface area contributed by atoms with Crippen LogP contribution in [0.1, 0.15) is 44.9 Å². The number of nitrogens with zero attached hydrogens (tertiary/aromatic N) is 2. The molecule has 8 nitrogen and oxygen atoms in total. The molecule has 2 heterocycles. The molecule has 31 heavy (non-hydrogen) atoms. The van der Waals surface area contributed by atoms with E-state index in [2.05, 4.69) is 10.2 Å². The lowest BCUT2D eigenvalue weighted by Crippen LogP contribution is -2.37. The minimum absolute atomic E-state index is 0.287. The number of esters is 1. The van der Waals surface area contributed by atoms with Gasteiger partial charge in [-0.25, -0.2) is 0 Å². The Morgan fingerprint density at radius 1 is 0.903 bits per heavy atom. The zero-order valence-electron chi connectivity index (χ0n) is 17.7. The summed E-state index contributed by atoms with van der Waals surface area (Å²) in [5.74, 6) is -2.40. The van der Waals surface area contributed by atoms with Gasteiger partial charge in [0.2, 0.25) is 11.8 Å². The predicted octanol–water partition coefficient (Wildman–Crippen LogP) is 2.33. The van der Waals surface area contributed by atoms with Crippen molar-refractivity contribution in [1.82, 2.24) is 4.90 Å². The Bertz CT molecular complexity index is 823. The van der Waals surface area contributed by atoms with Crippen LogP contribution in [0.15, 0.2) is 24.3 Å². The van der Waals surface area contributed by atoms with E-state index in [1.807, 2.05) is 24.3 Å². The van der Waals surface area contributed by atoms with Gasteiger partial charge in [-0.15, -0.1) is 0 Å². The van der Waals surface area contributed by atoms with Crippen LogP contribution in [-0.2, 0) is 23.9 Å². The minimum atomic E-state index is -0.754. The average molecular weight is 428 g/mol. The van der Waals surface area contributed by atoms with E-state index in [4.69, 9.17) is 4.74 Å². The van der Waals surface area contributed by atoms with Crippen molar-refractivity contribution < 1.29 is 23.9 Å². The van der Waals surface area contributed by atoms with E-state index in [0.29, 0.717) is 18.5 Å². The fraction of sp³-hybridized carbons (Fsp3) is 0.565. The molecule has 4 rings (SSSR count). The second-order valence-corrected chi connectivity index (χ2v) is 8.56. The molecule has 3 aliphatic rings. The molecular formula is C23H29N3O5. The molecule has 2 saturated heterocycles. The lowest BCUT2D eigenvalue weighted by molar-refractivity contribution is -0.154. The lowest BCUT2D eigenvalue weighted by Gasteiger charge is -2.28. The first kappa shape index (κ1) is 21.3. The number of fused-ring (bicyclic) bond motifs is 1. The summed E-state index contributed by atoms with van der Waals surface area (Å²) >= 11 is 0. The van der Waals surface area contributed by atoms with E-state index in [1.54, 1.807) is 0 Å². The highest BCUT2D eigenvalue weighted by molar-refractivity contribution is 6.07. The number of benzene rings is 1. The van der Waals surface area contributed by atoms with E-state index in [1.165, 1.54) is 19.3 Å². The van der Waals surface area contributed by atoms with Gasteiger partial charge in [0.15, 0.2) is 6.61 Å². The Labute approximate surface area is 181 Å². The molecule has 3 amide bonds. The first-order valence-corrected chi connectivity index (χ1v) is 11.2. The van der Waals surface area contributed by atoms with Gasteiger partial charge in [-0.05, 0) is 56.4 Å². The number of rotatable bonds is 6. The van der Waals surface area contributed by atoms with Crippen molar-refractivity contribution in [2.45, 2.75) is 44.9 Å². The number of imide groups is 1. The average Bonchev–Trinajstić information content (AvgIpc) is 3.04. The number of anilines is 2. The van der Waals surface area contributed by atoms with E-state index >= 15 is 0 Å². The Morgan fingerprint density at radius 3 is 2.13 bits per heavy atom. The molecule has 2 aliphatic heterocycles. The lowest BCUT2D eigenvalue weighted by atomic mass is 9.81. The molecule has 1 aromatic rings. The summed E-state index contributed by atoms with van der Waals surface area (Å²) < 4.78 is 5.00. The van der Waals surface area contributed by atoms with Crippen LogP contribution in [0, 0.1) is 11.8 Å². The molecule has 0 spiro atoms. The van der Waals surface area contributed by atoms with Gasteiger partial charge in [0.1, 0.15) is 6.54 Å². The number of piperidine rings is 1. The van der Waals surface area contributed by atoms with Crippen molar-refractivity contribution in [3.63, 3.8) is 0 Å². The van der Waals surface area contributed by atoms with Crippen LogP contribution < -0.4 is 10.2 Å². The summed E-state index contributed by atoms with van der Waals surface area (Å²) in [6, 6.07) is 7.59. The molecule has 3 fully saturated rings. The summed E-state index contributed by atoms with van der Waals surface area (Å²) in [6.07, 6.45) is 6.90. The summed E-state index contributed by atoms with van der Waals surface area (Å²) in [7, 11) is 0. The highest BCUT2D eigenvalue weighted by atomic mass is 16.5. The number of likely N-dealkylation sites (tertiary alicyclic amines) is 1. The zero-order chi connectivity index (χ0) is 21.8. The Morgan fingerprint density at radius 2 is 1.52 bits per heavy atom. The van der Waals surface area contributed by atoms with E-state index in [0.717, 1.165) is 36.5 Å². The van der Waals surface area contributed by atoms with Gasteiger partial charge in [0, 0.05) is 24.5 Å². The Balaban J connectivity index is 1.23. The van der Waals surface area contributed by atoms with Gasteiger partial charge in [-0.3, -0.25) is 24.1 Å². The standard InChI is InChI=1S/C23H29N3O5/c27-20(24-16-8-10-17(11-9-16)25-12-4-1-5-13-25)15-31-21(28)14-26-22(29)18-6-2-3-7-19(18)23(26)30/h8-11,18-19H,1-7,12-15H2,(H,24,27)/t18-,19+. The number of hydrogen-bond acceptors (Lipinski definition) is 6. The van der Waals surface area contributed by atoms with Crippen molar-refractivity contribution >= 4 is 35.1 Å². The van der Waals surface area contributed by atoms with E-state index in [-0.39, 0.29) is 23.7 Å². The molecule has 8 heteroatoms. The summed E-state index contributed by atoms with van der Waals surface area (Å²) in [6.45, 7) is 1.20. The van der Waals surface area contributed by atoms with E-state index < -0.39 is 25.0 Å². The Hall–Kier alpha value is -2.90. The molecule has 2 atom stereocenters.